The van der Waals surface area contributed by atoms with Gasteiger partial charge in [-0.15, -0.1) is 13.2 Å². The highest BCUT2D eigenvalue weighted by atomic mass is 19.4. The van der Waals surface area contributed by atoms with Gasteiger partial charge >= 0.3 is 6.36 Å². The summed E-state index contributed by atoms with van der Waals surface area (Å²) in [5.74, 6) is -0.564. The van der Waals surface area contributed by atoms with E-state index in [-0.39, 0.29) is 5.56 Å². The lowest BCUT2D eigenvalue weighted by Crippen LogP contribution is -2.28. The third-order valence-electron chi connectivity index (χ3n) is 2.06. The summed E-state index contributed by atoms with van der Waals surface area (Å²) >= 11 is 0. The van der Waals surface area contributed by atoms with Gasteiger partial charge in [0.05, 0.1) is 0 Å². The highest BCUT2D eigenvalue weighted by Crippen LogP contribution is 2.35. The molecule has 2 nitrogen and oxygen atoms in total. The molecule has 0 aromatic heterocycles. The van der Waals surface area contributed by atoms with Crippen molar-refractivity contribution in [3.8, 4) is 5.75 Å². The first-order valence-corrected chi connectivity index (χ1v) is 4.50. The van der Waals surface area contributed by atoms with Crippen LogP contribution in [0.4, 0.5) is 17.6 Å². The molecule has 1 aromatic rings. The van der Waals surface area contributed by atoms with Gasteiger partial charge in [0, 0.05) is 12.1 Å². The second kappa shape index (κ2) is 4.29. The molecule has 90 valence electrons. The van der Waals surface area contributed by atoms with Gasteiger partial charge in [0.25, 0.3) is 0 Å². The number of halogens is 4. The van der Waals surface area contributed by atoms with Crippen LogP contribution in [-0.4, -0.2) is 12.9 Å². The van der Waals surface area contributed by atoms with Crippen molar-refractivity contribution in [2.45, 2.75) is 19.0 Å². The number of alkyl halides is 4. The molecule has 1 atom stereocenters. The third kappa shape index (κ3) is 3.10. The number of rotatable bonds is 3. The van der Waals surface area contributed by atoms with E-state index in [2.05, 4.69) is 4.74 Å². The van der Waals surface area contributed by atoms with Crippen LogP contribution < -0.4 is 10.5 Å². The second-order valence-corrected chi connectivity index (χ2v) is 3.45. The van der Waals surface area contributed by atoms with Crippen LogP contribution in [0.25, 0.3) is 0 Å². The third-order valence-corrected chi connectivity index (χ3v) is 2.06. The first-order valence-electron chi connectivity index (χ1n) is 4.50. The van der Waals surface area contributed by atoms with E-state index < -0.39 is 24.3 Å². The molecule has 16 heavy (non-hydrogen) atoms. The number of hydrogen-bond donors (Lipinski definition) is 1. The zero-order valence-corrected chi connectivity index (χ0v) is 8.51. The van der Waals surface area contributed by atoms with Crippen molar-refractivity contribution in [1.82, 2.24) is 0 Å². The maximum atomic E-state index is 13.8. The van der Waals surface area contributed by atoms with E-state index in [0.717, 1.165) is 13.0 Å². The number of ether oxygens (including phenoxy) is 1. The summed E-state index contributed by atoms with van der Waals surface area (Å²) in [6.07, 6.45) is -4.85. The lowest BCUT2D eigenvalue weighted by atomic mass is 9.97. The highest BCUT2D eigenvalue weighted by molar-refractivity contribution is 5.38. The van der Waals surface area contributed by atoms with E-state index in [1.807, 2.05) is 0 Å². The van der Waals surface area contributed by atoms with Crippen LogP contribution in [0, 0.1) is 0 Å². The summed E-state index contributed by atoms with van der Waals surface area (Å²) in [6, 6.07) is 5.02. The van der Waals surface area contributed by atoms with Crippen LogP contribution in [0.5, 0.6) is 5.75 Å². The summed E-state index contributed by atoms with van der Waals surface area (Å²) in [5, 5.41) is 0. The Morgan fingerprint density at radius 3 is 2.25 bits per heavy atom. The largest absolute Gasteiger partial charge is 0.573 e. The van der Waals surface area contributed by atoms with Crippen LogP contribution >= 0.6 is 0 Å². The molecule has 1 rings (SSSR count). The Labute approximate surface area is 90.0 Å². The molecule has 0 spiro atoms. The van der Waals surface area contributed by atoms with Crippen molar-refractivity contribution in [1.29, 1.82) is 0 Å². The van der Waals surface area contributed by atoms with Gasteiger partial charge in [0.15, 0.2) is 0 Å². The molecule has 0 amide bonds. The quantitative estimate of drug-likeness (QED) is 0.820. The molecule has 0 saturated carbocycles. The highest BCUT2D eigenvalue weighted by Gasteiger charge is 2.35. The van der Waals surface area contributed by atoms with Gasteiger partial charge in [-0.25, -0.2) is 4.39 Å². The van der Waals surface area contributed by atoms with Gasteiger partial charge in [0.2, 0.25) is 0 Å². The Morgan fingerprint density at radius 2 is 1.75 bits per heavy atom. The van der Waals surface area contributed by atoms with E-state index in [9.17, 15) is 17.6 Å². The molecular weight excluding hydrogens is 226 g/mol. The van der Waals surface area contributed by atoms with Crippen LogP contribution in [0.1, 0.15) is 12.5 Å². The molecule has 0 bridgehead atoms. The zero-order valence-electron chi connectivity index (χ0n) is 8.51. The van der Waals surface area contributed by atoms with Gasteiger partial charge in [0.1, 0.15) is 11.4 Å². The van der Waals surface area contributed by atoms with Crippen LogP contribution in [0.2, 0.25) is 0 Å². The SMILES string of the molecule is CC(F)(CN)c1ccccc1OC(F)(F)F. The summed E-state index contributed by atoms with van der Waals surface area (Å²) in [5.41, 5.74) is 2.89. The molecule has 0 saturated heterocycles. The van der Waals surface area contributed by atoms with Gasteiger partial charge in [-0.3, -0.25) is 0 Å². The molecule has 1 aromatic carbocycles. The maximum absolute atomic E-state index is 13.8. The van der Waals surface area contributed by atoms with Gasteiger partial charge in [-0.05, 0) is 13.0 Å². The first kappa shape index (κ1) is 12.8. The summed E-state index contributed by atoms with van der Waals surface area (Å²) in [4.78, 5) is 0. The number of benzene rings is 1. The minimum absolute atomic E-state index is 0.213. The van der Waals surface area contributed by atoms with Crippen molar-refractivity contribution in [3.63, 3.8) is 0 Å². The van der Waals surface area contributed by atoms with Crippen LogP contribution in [-0.2, 0) is 5.67 Å². The topological polar surface area (TPSA) is 35.2 Å². The molecule has 0 aliphatic rings. The lowest BCUT2D eigenvalue weighted by molar-refractivity contribution is -0.275. The smallest absolute Gasteiger partial charge is 0.405 e. The van der Waals surface area contributed by atoms with Gasteiger partial charge < -0.3 is 10.5 Å². The molecule has 6 heteroatoms. The fraction of sp³-hybridized carbons (Fsp3) is 0.400. The Balaban J connectivity index is 3.11. The van der Waals surface area contributed by atoms with E-state index in [0.29, 0.717) is 0 Å². The predicted molar refractivity (Wildman–Crippen MR) is 50.6 cm³/mol. The molecule has 0 heterocycles. The first-order chi connectivity index (χ1) is 7.26. The molecular formula is C10H11F4NO. The average molecular weight is 237 g/mol. The molecule has 0 aliphatic carbocycles. The minimum atomic E-state index is -4.85. The number of hydrogen-bond acceptors (Lipinski definition) is 2. The van der Waals surface area contributed by atoms with Crippen molar-refractivity contribution in [3.05, 3.63) is 29.8 Å². The molecule has 1 unspecified atom stereocenters. The van der Waals surface area contributed by atoms with Gasteiger partial charge in [-0.1, -0.05) is 18.2 Å². The van der Waals surface area contributed by atoms with Crippen LogP contribution in [0.3, 0.4) is 0 Å². The van der Waals surface area contributed by atoms with Crippen molar-refractivity contribution in [2.24, 2.45) is 5.73 Å². The van der Waals surface area contributed by atoms with E-state index >= 15 is 0 Å². The standard InChI is InChI=1S/C10H11F4NO/c1-9(11,6-15)7-4-2-3-5-8(7)16-10(12,13)14/h2-5H,6,15H2,1H3. The van der Waals surface area contributed by atoms with Crippen molar-refractivity contribution in [2.75, 3.05) is 6.54 Å². The van der Waals surface area contributed by atoms with E-state index in [1.165, 1.54) is 18.2 Å². The fourth-order valence-electron chi connectivity index (χ4n) is 1.22. The van der Waals surface area contributed by atoms with E-state index in [1.54, 1.807) is 0 Å². The zero-order chi connectivity index (χ0) is 12.4. The number of para-hydroxylation sites is 1. The number of nitrogens with two attached hydrogens (primary N) is 1. The summed E-state index contributed by atoms with van der Waals surface area (Å²) < 4.78 is 53.7. The Kier molecular flexibility index (Phi) is 3.42. The second-order valence-electron chi connectivity index (χ2n) is 3.45. The molecule has 0 fully saturated rings. The van der Waals surface area contributed by atoms with Crippen molar-refractivity contribution >= 4 is 0 Å². The monoisotopic (exact) mass is 237 g/mol. The van der Waals surface area contributed by atoms with Gasteiger partial charge in [-0.2, -0.15) is 0 Å². The minimum Gasteiger partial charge on any atom is -0.405 e. The van der Waals surface area contributed by atoms with Crippen molar-refractivity contribution < 1.29 is 22.3 Å². The summed E-state index contributed by atoms with van der Waals surface area (Å²) in [7, 11) is 0. The molecule has 0 radical (unpaired) electrons. The maximum Gasteiger partial charge on any atom is 0.573 e. The fourth-order valence-corrected chi connectivity index (χ4v) is 1.22. The lowest BCUT2D eigenvalue weighted by Gasteiger charge is -2.22. The molecule has 0 aliphatic heterocycles. The predicted octanol–water partition coefficient (Wildman–Crippen LogP) is 2.73. The summed E-state index contributed by atoms with van der Waals surface area (Å²) in [6.45, 7) is 0.677. The Hall–Kier alpha value is -1.30. The van der Waals surface area contributed by atoms with Crippen LogP contribution in [0.15, 0.2) is 24.3 Å². The average Bonchev–Trinajstić information content (AvgIpc) is 2.16. The molecule has 2 N–H and O–H groups in total. The van der Waals surface area contributed by atoms with E-state index in [4.69, 9.17) is 5.73 Å². The Bertz CT molecular complexity index is 362. The normalized spacial score (nSPS) is 15.6. The Morgan fingerprint density at radius 1 is 1.19 bits per heavy atom.